The van der Waals surface area contributed by atoms with E-state index in [0.717, 1.165) is 30.0 Å². The van der Waals surface area contributed by atoms with Gasteiger partial charge in [-0.25, -0.2) is 0 Å². The Kier molecular flexibility index (Phi) is 5.04. The topological polar surface area (TPSA) is 58.4 Å². The first-order valence-corrected chi connectivity index (χ1v) is 7.57. The van der Waals surface area contributed by atoms with E-state index in [1.54, 1.807) is 18.2 Å². The van der Waals surface area contributed by atoms with E-state index in [0.29, 0.717) is 11.3 Å². The minimum absolute atomic E-state index is 0.126. The summed E-state index contributed by atoms with van der Waals surface area (Å²) in [6.07, 6.45) is 0. The van der Waals surface area contributed by atoms with Gasteiger partial charge >= 0.3 is 0 Å². The van der Waals surface area contributed by atoms with Gasteiger partial charge in [-0.2, -0.15) is 0 Å². The van der Waals surface area contributed by atoms with Crippen LogP contribution in [0.4, 0.5) is 17.1 Å². The molecule has 2 aromatic rings. The lowest BCUT2D eigenvalue weighted by Gasteiger charge is -2.21. The third kappa shape index (κ3) is 3.58. The Morgan fingerprint density at radius 1 is 1.09 bits per heavy atom. The van der Waals surface area contributed by atoms with Gasteiger partial charge in [0.25, 0.3) is 5.91 Å². The maximum Gasteiger partial charge on any atom is 0.255 e. The van der Waals surface area contributed by atoms with Gasteiger partial charge in [-0.3, -0.25) is 4.79 Å². The van der Waals surface area contributed by atoms with Crippen LogP contribution in [0, 0.1) is 6.92 Å². The molecule has 3 N–H and O–H groups in total. The largest absolute Gasteiger partial charge is 0.399 e. The minimum atomic E-state index is -0.126. The van der Waals surface area contributed by atoms with Gasteiger partial charge < -0.3 is 16.0 Å². The Labute approximate surface area is 131 Å². The summed E-state index contributed by atoms with van der Waals surface area (Å²) in [6.45, 7) is 8.08. The zero-order chi connectivity index (χ0) is 16.1. The summed E-state index contributed by atoms with van der Waals surface area (Å²) in [7, 11) is 0. The zero-order valence-corrected chi connectivity index (χ0v) is 13.4. The summed E-state index contributed by atoms with van der Waals surface area (Å²) < 4.78 is 0. The highest BCUT2D eigenvalue weighted by Gasteiger charge is 2.08. The molecule has 0 saturated heterocycles. The van der Waals surface area contributed by atoms with Crippen LogP contribution in [0.15, 0.2) is 42.5 Å². The number of nitrogens with two attached hydrogens (primary N) is 1. The Morgan fingerprint density at radius 3 is 2.27 bits per heavy atom. The molecule has 0 spiro atoms. The fourth-order valence-corrected chi connectivity index (χ4v) is 2.36. The first-order valence-electron chi connectivity index (χ1n) is 7.57. The molecule has 0 aliphatic rings. The number of rotatable bonds is 5. The molecule has 0 atom stereocenters. The van der Waals surface area contributed by atoms with Gasteiger partial charge in [-0.05, 0) is 68.8 Å². The number of nitrogen functional groups attached to an aromatic ring is 1. The van der Waals surface area contributed by atoms with Crippen LogP contribution in [-0.2, 0) is 0 Å². The first-order chi connectivity index (χ1) is 10.5. The maximum absolute atomic E-state index is 12.2. The number of aryl methyl sites for hydroxylation is 1. The Balaban J connectivity index is 2.10. The molecule has 4 nitrogen and oxygen atoms in total. The van der Waals surface area contributed by atoms with Crippen molar-refractivity contribution >= 4 is 23.0 Å². The van der Waals surface area contributed by atoms with Gasteiger partial charge in [0.15, 0.2) is 0 Å². The van der Waals surface area contributed by atoms with Crippen LogP contribution in [0.25, 0.3) is 0 Å². The number of carbonyl (C=O) groups excluding carboxylic acids is 1. The van der Waals surface area contributed by atoms with Crippen molar-refractivity contribution < 1.29 is 4.79 Å². The van der Waals surface area contributed by atoms with Crippen molar-refractivity contribution in [2.45, 2.75) is 20.8 Å². The fraction of sp³-hybridized carbons (Fsp3) is 0.278. The lowest BCUT2D eigenvalue weighted by molar-refractivity contribution is 0.102. The third-order valence-corrected chi connectivity index (χ3v) is 3.79. The van der Waals surface area contributed by atoms with Gasteiger partial charge in [0, 0.05) is 35.7 Å². The fourth-order valence-electron chi connectivity index (χ4n) is 2.36. The predicted molar refractivity (Wildman–Crippen MR) is 93.5 cm³/mol. The van der Waals surface area contributed by atoms with Crippen molar-refractivity contribution in [1.29, 1.82) is 0 Å². The number of hydrogen-bond donors (Lipinski definition) is 2. The number of carbonyl (C=O) groups is 1. The highest BCUT2D eigenvalue weighted by atomic mass is 16.1. The van der Waals surface area contributed by atoms with Crippen LogP contribution in [-0.4, -0.2) is 19.0 Å². The maximum atomic E-state index is 12.2. The van der Waals surface area contributed by atoms with E-state index >= 15 is 0 Å². The number of amides is 1. The highest BCUT2D eigenvalue weighted by Crippen LogP contribution is 2.19. The van der Waals surface area contributed by atoms with Gasteiger partial charge in [0.1, 0.15) is 0 Å². The third-order valence-electron chi connectivity index (χ3n) is 3.79. The molecule has 116 valence electrons. The standard InChI is InChI=1S/C18H23N3O/c1-4-21(5-2)16-9-7-15(8-10-16)20-18(22)14-6-11-17(19)13(3)12-14/h6-12H,4-5,19H2,1-3H3,(H,20,22). The monoisotopic (exact) mass is 297 g/mol. The SMILES string of the molecule is CCN(CC)c1ccc(NC(=O)c2ccc(N)c(C)c2)cc1. The molecule has 0 bridgehead atoms. The molecular formula is C18H23N3O. The molecule has 0 fully saturated rings. The molecule has 0 unspecified atom stereocenters. The predicted octanol–water partition coefficient (Wildman–Crippen LogP) is 3.68. The second-order valence-corrected chi connectivity index (χ2v) is 5.24. The molecule has 0 aromatic heterocycles. The summed E-state index contributed by atoms with van der Waals surface area (Å²) in [6, 6.07) is 13.2. The summed E-state index contributed by atoms with van der Waals surface area (Å²) in [5.41, 5.74) is 9.93. The average Bonchev–Trinajstić information content (AvgIpc) is 2.52. The Bertz CT molecular complexity index is 646. The molecule has 0 radical (unpaired) electrons. The Morgan fingerprint density at radius 2 is 1.73 bits per heavy atom. The van der Waals surface area contributed by atoms with Crippen molar-refractivity contribution in [3.8, 4) is 0 Å². The van der Waals surface area contributed by atoms with E-state index in [2.05, 4.69) is 24.1 Å². The summed E-state index contributed by atoms with van der Waals surface area (Å²) in [5, 5.41) is 2.91. The molecule has 0 aliphatic heterocycles. The number of nitrogens with zero attached hydrogens (tertiary/aromatic N) is 1. The van der Waals surface area contributed by atoms with E-state index in [4.69, 9.17) is 5.73 Å². The lowest BCUT2D eigenvalue weighted by Crippen LogP contribution is -2.21. The number of benzene rings is 2. The van der Waals surface area contributed by atoms with Gasteiger partial charge in [0.2, 0.25) is 0 Å². The second kappa shape index (κ2) is 6.98. The molecule has 0 heterocycles. The van der Waals surface area contributed by atoms with Crippen molar-refractivity contribution in [2.75, 3.05) is 29.0 Å². The number of hydrogen-bond acceptors (Lipinski definition) is 3. The highest BCUT2D eigenvalue weighted by molar-refractivity contribution is 6.04. The van der Waals surface area contributed by atoms with E-state index < -0.39 is 0 Å². The van der Waals surface area contributed by atoms with Crippen LogP contribution in [0.5, 0.6) is 0 Å². The molecule has 0 saturated carbocycles. The number of nitrogens with one attached hydrogen (secondary N) is 1. The van der Waals surface area contributed by atoms with Crippen LogP contribution in [0.2, 0.25) is 0 Å². The molecule has 22 heavy (non-hydrogen) atoms. The first kappa shape index (κ1) is 15.9. The van der Waals surface area contributed by atoms with Crippen molar-refractivity contribution in [2.24, 2.45) is 0 Å². The average molecular weight is 297 g/mol. The summed E-state index contributed by atoms with van der Waals surface area (Å²) in [4.78, 5) is 14.5. The van der Waals surface area contributed by atoms with Crippen LogP contribution in [0.3, 0.4) is 0 Å². The Hall–Kier alpha value is -2.49. The van der Waals surface area contributed by atoms with Crippen molar-refractivity contribution in [3.05, 3.63) is 53.6 Å². The zero-order valence-electron chi connectivity index (χ0n) is 13.4. The van der Waals surface area contributed by atoms with E-state index in [1.165, 1.54) is 0 Å². The van der Waals surface area contributed by atoms with E-state index in [1.807, 2.05) is 31.2 Å². The van der Waals surface area contributed by atoms with E-state index in [9.17, 15) is 4.79 Å². The summed E-state index contributed by atoms with van der Waals surface area (Å²) in [5.74, 6) is -0.126. The molecule has 2 aromatic carbocycles. The number of anilines is 3. The van der Waals surface area contributed by atoms with Crippen LogP contribution >= 0.6 is 0 Å². The van der Waals surface area contributed by atoms with Gasteiger partial charge in [-0.1, -0.05) is 0 Å². The van der Waals surface area contributed by atoms with Crippen LogP contribution in [0.1, 0.15) is 29.8 Å². The summed E-state index contributed by atoms with van der Waals surface area (Å²) >= 11 is 0. The van der Waals surface area contributed by atoms with E-state index in [-0.39, 0.29) is 5.91 Å². The smallest absolute Gasteiger partial charge is 0.255 e. The molecule has 0 aliphatic carbocycles. The van der Waals surface area contributed by atoms with Gasteiger partial charge in [0.05, 0.1) is 0 Å². The van der Waals surface area contributed by atoms with Crippen LogP contribution < -0.4 is 16.0 Å². The lowest BCUT2D eigenvalue weighted by atomic mass is 10.1. The second-order valence-electron chi connectivity index (χ2n) is 5.24. The minimum Gasteiger partial charge on any atom is -0.399 e. The quantitative estimate of drug-likeness (QED) is 0.828. The van der Waals surface area contributed by atoms with Gasteiger partial charge in [-0.15, -0.1) is 0 Å². The molecular weight excluding hydrogens is 274 g/mol. The van der Waals surface area contributed by atoms with Crippen molar-refractivity contribution in [1.82, 2.24) is 0 Å². The molecule has 4 heteroatoms. The normalized spacial score (nSPS) is 10.3. The van der Waals surface area contributed by atoms with Crippen molar-refractivity contribution in [3.63, 3.8) is 0 Å². The molecule has 1 amide bonds. The molecule has 2 rings (SSSR count).